The minimum Gasteiger partial charge on any atom is -0.458 e. The Labute approximate surface area is 114 Å². The topological polar surface area (TPSA) is 42.1 Å². The van der Waals surface area contributed by atoms with Crippen molar-refractivity contribution in [2.24, 2.45) is 0 Å². The van der Waals surface area contributed by atoms with Crippen molar-refractivity contribution in [2.45, 2.75) is 31.8 Å². The second-order valence-electron chi connectivity index (χ2n) is 4.73. The van der Waals surface area contributed by atoms with Gasteiger partial charge in [0, 0.05) is 15.4 Å². The molecule has 3 nitrogen and oxygen atoms in total. The fourth-order valence-corrected chi connectivity index (χ4v) is 2.81. The van der Waals surface area contributed by atoms with Gasteiger partial charge in [-0.05, 0) is 49.9 Å². The lowest BCUT2D eigenvalue weighted by Crippen LogP contribution is -2.14. The van der Waals surface area contributed by atoms with Crippen LogP contribution in [0.1, 0.15) is 36.2 Å². The van der Waals surface area contributed by atoms with Gasteiger partial charge in [0.1, 0.15) is 11.8 Å². The molecule has 0 unspecified atom stereocenters. The van der Waals surface area contributed by atoms with Crippen molar-refractivity contribution in [3.8, 4) is 0 Å². The van der Waals surface area contributed by atoms with E-state index >= 15 is 0 Å². The molecule has 1 aliphatic rings. The van der Waals surface area contributed by atoms with Gasteiger partial charge in [-0.1, -0.05) is 15.9 Å². The molecule has 1 fully saturated rings. The van der Waals surface area contributed by atoms with Gasteiger partial charge in [0.15, 0.2) is 0 Å². The second kappa shape index (κ2) is 4.76. The molecule has 0 aliphatic heterocycles. The molecule has 0 radical (unpaired) electrons. The van der Waals surface area contributed by atoms with Gasteiger partial charge < -0.3 is 9.72 Å². The Hall–Kier alpha value is -1.29. The summed E-state index contributed by atoms with van der Waals surface area (Å²) in [4.78, 5) is 15.1. The summed E-state index contributed by atoms with van der Waals surface area (Å²) >= 11 is 3.42. The fraction of sp³-hybridized carbons (Fsp3) is 0.357. The Bertz CT molecular complexity index is 584. The number of halogens is 1. The molecular weight excluding hydrogens is 294 g/mol. The van der Waals surface area contributed by atoms with Crippen molar-refractivity contribution in [1.29, 1.82) is 0 Å². The van der Waals surface area contributed by atoms with Crippen molar-refractivity contribution >= 4 is 32.8 Å². The molecule has 3 rings (SSSR count). The van der Waals surface area contributed by atoms with Gasteiger partial charge in [-0.25, -0.2) is 4.79 Å². The maximum absolute atomic E-state index is 12.0. The van der Waals surface area contributed by atoms with Crippen LogP contribution in [0.25, 0.3) is 10.9 Å². The average molecular weight is 308 g/mol. The largest absolute Gasteiger partial charge is 0.458 e. The molecule has 1 N–H and O–H groups in total. The van der Waals surface area contributed by atoms with Crippen molar-refractivity contribution < 1.29 is 9.53 Å². The lowest BCUT2D eigenvalue weighted by Gasteiger charge is -2.09. The van der Waals surface area contributed by atoms with Crippen molar-refractivity contribution in [2.75, 3.05) is 0 Å². The lowest BCUT2D eigenvalue weighted by atomic mass is 10.2. The maximum Gasteiger partial charge on any atom is 0.355 e. The van der Waals surface area contributed by atoms with E-state index in [-0.39, 0.29) is 12.1 Å². The summed E-state index contributed by atoms with van der Waals surface area (Å²) in [6.45, 7) is 0. The second-order valence-corrected chi connectivity index (χ2v) is 5.64. The number of nitrogens with one attached hydrogen (secondary N) is 1. The van der Waals surface area contributed by atoms with E-state index in [1.54, 1.807) is 0 Å². The van der Waals surface area contributed by atoms with E-state index < -0.39 is 0 Å². The highest BCUT2D eigenvalue weighted by atomic mass is 79.9. The average Bonchev–Trinajstić information content (AvgIpc) is 2.96. The number of aromatic nitrogens is 1. The number of hydrogen-bond donors (Lipinski definition) is 1. The van der Waals surface area contributed by atoms with E-state index in [4.69, 9.17) is 4.74 Å². The van der Waals surface area contributed by atoms with Crippen LogP contribution in [-0.2, 0) is 4.74 Å². The Morgan fingerprint density at radius 2 is 2.06 bits per heavy atom. The van der Waals surface area contributed by atoms with Crippen LogP contribution in [-0.4, -0.2) is 17.1 Å². The van der Waals surface area contributed by atoms with E-state index in [9.17, 15) is 4.79 Å². The predicted octanol–water partition coefficient (Wildman–Crippen LogP) is 4.03. The molecule has 94 valence electrons. The molecule has 1 aromatic heterocycles. The maximum atomic E-state index is 12.0. The Morgan fingerprint density at radius 3 is 2.83 bits per heavy atom. The fourth-order valence-electron chi connectivity index (χ4n) is 2.43. The summed E-state index contributed by atoms with van der Waals surface area (Å²) in [5, 5.41) is 1.02. The Morgan fingerprint density at radius 1 is 1.28 bits per heavy atom. The van der Waals surface area contributed by atoms with Gasteiger partial charge in [0.2, 0.25) is 0 Å². The zero-order valence-corrected chi connectivity index (χ0v) is 11.5. The van der Waals surface area contributed by atoms with Crippen LogP contribution in [0.15, 0.2) is 28.7 Å². The summed E-state index contributed by atoms with van der Waals surface area (Å²) in [6.07, 6.45) is 4.43. The molecule has 0 bridgehead atoms. The SMILES string of the molecule is O=C(OC1CCCC1)c1cc2cc(Br)ccc2[nH]1. The third-order valence-electron chi connectivity index (χ3n) is 3.38. The van der Waals surface area contributed by atoms with Gasteiger partial charge in [-0.2, -0.15) is 0 Å². The molecule has 1 aliphatic carbocycles. The molecular formula is C14H14BrNO2. The molecule has 0 saturated heterocycles. The predicted molar refractivity (Wildman–Crippen MR) is 73.7 cm³/mol. The summed E-state index contributed by atoms with van der Waals surface area (Å²) < 4.78 is 6.48. The summed E-state index contributed by atoms with van der Waals surface area (Å²) in [7, 11) is 0. The number of carbonyl (C=O) groups is 1. The number of H-pyrrole nitrogens is 1. The van der Waals surface area contributed by atoms with E-state index in [2.05, 4.69) is 20.9 Å². The van der Waals surface area contributed by atoms with Crippen LogP contribution >= 0.6 is 15.9 Å². The number of benzene rings is 1. The minimum absolute atomic E-state index is 0.107. The minimum atomic E-state index is -0.241. The number of carbonyl (C=O) groups excluding carboxylic acids is 1. The number of rotatable bonds is 2. The highest BCUT2D eigenvalue weighted by Crippen LogP contribution is 2.24. The van der Waals surface area contributed by atoms with Crippen molar-refractivity contribution in [1.82, 2.24) is 4.98 Å². The highest BCUT2D eigenvalue weighted by Gasteiger charge is 2.21. The number of aromatic amines is 1. The third kappa shape index (κ3) is 2.29. The Kier molecular flexibility index (Phi) is 3.12. The zero-order valence-electron chi connectivity index (χ0n) is 9.91. The lowest BCUT2D eigenvalue weighted by molar-refractivity contribution is 0.0312. The van der Waals surface area contributed by atoms with Crippen LogP contribution < -0.4 is 0 Å². The summed E-state index contributed by atoms with van der Waals surface area (Å²) in [5.41, 5.74) is 1.49. The van der Waals surface area contributed by atoms with E-state index in [0.717, 1.165) is 41.1 Å². The molecule has 2 aromatic rings. The number of ether oxygens (including phenoxy) is 1. The molecule has 0 spiro atoms. The quantitative estimate of drug-likeness (QED) is 0.851. The van der Waals surface area contributed by atoms with Crippen LogP contribution in [0, 0.1) is 0 Å². The Balaban J connectivity index is 1.82. The smallest absolute Gasteiger partial charge is 0.355 e. The highest BCUT2D eigenvalue weighted by molar-refractivity contribution is 9.10. The number of fused-ring (bicyclic) bond motifs is 1. The summed E-state index contributed by atoms with van der Waals surface area (Å²) in [5.74, 6) is -0.241. The zero-order chi connectivity index (χ0) is 12.5. The molecule has 18 heavy (non-hydrogen) atoms. The van der Waals surface area contributed by atoms with Crippen molar-refractivity contribution in [3.05, 3.63) is 34.4 Å². The van der Waals surface area contributed by atoms with Crippen LogP contribution in [0.4, 0.5) is 0 Å². The third-order valence-corrected chi connectivity index (χ3v) is 3.87. The molecule has 1 saturated carbocycles. The molecule has 1 aromatic carbocycles. The van der Waals surface area contributed by atoms with Crippen LogP contribution in [0.2, 0.25) is 0 Å². The van der Waals surface area contributed by atoms with Gasteiger partial charge in [-0.3, -0.25) is 0 Å². The number of esters is 1. The van der Waals surface area contributed by atoms with E-state index in [0.29, 0.717) is 5.69 Å². The molecule has 0 amide bonds. The monoisotopic (exact) mass is 307 g/mol. The molecule has 0 atom stereocenters. The molecule has 1 heterocycles. The normalized spacial score (nSPS) is 16.3. The standard InChI is InChI=1S/C14H14BrNO2/c15-10-5-6-12-9(7-10)8-13(16-12)14(17)18-11-3-1-2-4-11/h5-8,11,16H,1-4H2. The number of hydrogen-bond acceptors (Lipinski definition) is 2. The first-order valence-electron chi connectivity index (χ1n) is 6.21. The first-order chi connectivity index (χ1) is 8.72. The van der Waals surface area contributed by atoms with Crippen LogP contribution in [0.3, 0.4) is 0 Å². The van der Waals surface area contributed by atoms with Gasteiger partial charge in [0.25, 0.3) is 0 Å². The van der Waals surface area contributed by atoms with Crippen LogP contribution in [0.5, 0.6) is 0 Å². The first kappa shape index (κ1) is 11.8. The van der Waals surface area contributed by atoms with Gasteiger partial charge >= 0.3 is 5.97 Å². The van der Waals surface area contributed by atoms with Gasteiger partial charge in [0.05, 0.1) is 0 Å². The summed E-state index contributed by atoms with van der Waals surface area (Å²) in [6, 6.07) is 7.73. The van der Waals surface area contributed by atoms with E-state index in [1.807, 2.05) is 24.3 Å². The van der Waals surface area contributed by atoms with E-state index in [1.165, 1.54) is 0 Å². The molecule has 4 heteroatoms. The first-order valence-corrected chi connectivity index (χ1v) is 7.01. The van der Waals surface area contributed by atoms with Gasteiger partial charge in [-0.15, -0.1) is 0 Å². The van der Waals surface area contributed by atoms with Crippen molar-refractivity contribution in [3.63, 3.8) is 0 Å².